The van der Waals surface area contributed by atoms with E-state index in [1.165, 1.54) is 24.4 Å². The van der Waals surface area contributed by atoms with Gasteiger partial charge in [-0.15, -0.1) is 0 Å². The predicted octanol–water partition coefficient (Wildman–Crippen LogP) is 2.62. The molecule has 0 saturated heterocycles. The van der Waals surface area contributed by atoms with E-state index in [2.05, 4.69) is 15.8 Å². The lowest BCUT2D eigenvalue weighted by atomic mass is 10.2. The summed E-state index contributed by atoms with van der Waals surface area (Å²) in [7, 11) is 0. The SMILES string of the molecule is Cc1c(Cl)cccc1NCC(=O)N/N=C\c1ccc(O)cc1O. The van der Waals surface area contributed by atoms with Crippen molar-refractivity contribution in [3.8, 4) is 11.5 Å². The highest BCUT2D eigenvalue weighted by Crippen LogP contribution is 2.22. The van der Waals surface area contributed by atoms with Crippen molar-refractivity contribution in [2.45, 2.75) is 6.92 Å². The summed E-state index contributed by atoms with van der Waals surface area (Å²) >= 11 is 6.00. The van der Waals surface area contributed by atoms with Gasteiger partial charge < -0.3 is 15.5 Å². The molecule has 23 heavy (non-hydrogen) atoms. The number of amides is 1. The number of halogens is 1. The van der Waals surface area contributed by atoms with Crippen molar-refractivity contribution in [2.24, 2.45) is 5.10 Å². The lowest BCUT2D eigenvalue weighted by molar-refractivity contribution is -0.119. The lowest BCUT2D eigenvalue weighted by Crippen LogP contribution is -2.26. The maximum Gasteiger partial charge on any atom is 0.259 e. The minimum absolute atomic E-state index is 0.0279. The van der Waals surface area contributed by atoms with Crippen molar-refractivity contribution in [1.82, 2.24) is 5.43 Å². The van der Waals surface area contributed by atoms with Crippen LogP contribution in [0.3, 0.4) is 0 Å². The number of anilines is 1. The quantitative estimate of drug-likeness (QED) is 0.500. The molecule has 0 aliphatic carbocycles. The standard InChI is InChI=1S/C16H16ClN3O3/c1-10-13(17)3-2-4-14(10)18-9-16(23)20-19-8-11-5-6-12(21)7-15(11)22/h2-8,18,21-22H,9H2,1H3,(H,20,23)/b19-8-. The van der Waals surface area contributed by atoms with E-state index in [-0.39, 0.29) is 24.0 Å². The Bertz CT molecular complexity index is 747. The maximum atomic E-state index is 11.7. The van der Waals surface area contributed by atoms with Crippen LogP contribution in [0.2, 0.25) is 5.02 Å². The third-order valence-electron chi connectivity index (χ3n) is 3.11. The van der Waals surface area contributed by atoms with Crippen LogP contribution in [0.25, 0.3) is 0 Å². The number of carbonyl (C=O) groups is 1. The minimum atomic E-state index is -0.348. The van der Waals surface area contributed by atoms with Gasteiger partial charge in [-0.2, -0.15) is 5.10 Å². The van der Waals surface area contributed by atoms with Crippen molar-refractivity contribution in [1.29, 1.82) is 0 Å². The number of hydrogen-bond acceptors (Lipinski definition) is 5. The Morgan fingerprint density at radius 3 is 2.83 bits per heavy atom. The summed E-state index contributed by atoms with van der Waals surface area (Å²) < 4.78 is 0. The number of nitrogens with zero attached hydrogens (tertiary/aromatic N) is 1. The molecule has 6 nitrogen and oxygen atoms in total. The van der Waals surface area contributed by atoms with E-state index >= 15 is 0 Å². The number of aromatic hydroxyl groups is 2. The third kappa shape index (κ3) is 4.62. The Balaban J connectivity index is 1.87. The van der Waals surface area contributed by atoms with Crippen molar-refractivity contribution in [2.75, 3.05) is 11.9 Å². The molecule has 7 heteroatoms. The molecule has 120 valence electrons. The van der Waals surface area contributed by atoms with E-state index < -0.39 is 0 Å². The van der Waals surface area contributed by atoms with Gasteiger partial charge in [0.2, 0.25) is 0 Å². The molecule has 0 saturated carbocycles. The van der Waals surface area contributed by atoms with Gasteiger partial charge in [-0.1, -0.05) is 17.7 Å². The fourth-order valence-corrected chi connectivity index (χ4v) is 2.00. The fraction of sp³-hybridized carbons (Fsp3) is 0.125. The van der Waals surface area contributed by atoms with Crippen LogP contribution >= 0.6 is 11.6 Å². The summed E-state index contributed by atoms with van der Waals surface area (Å²) in [6, 6.07) is 9.47. The molecule has 2 rings (SSSR count). The lowest BCUT2D eigenvalue weighted by Gasteiger charge is -2.09. The average molecular weight is 334 g/mol. The van der Waals surface area contributed by atoms with Crippen LogP contribution in [-0.4, -0.2) is 28.9 Å². The first-order chi connectivity index (χ1) is 11.0. The summed E-state index contributed by atoms with van der Waals surface area (Å²) in [6.45, 7) is 1.88. The summed E-state index contributed by atoms with van der Waals surface area (Å²) in [5.41, 5.74) is 4.35. The van der Waals surface area contributed by atoms with Gasteiger partial charge in [-0.05, 0) is 36.8 Å². The zero-order valence-corrected chi connectivity index (χ0v) is 13.1. The van der Waals surface area contributed by atoms with Gasteiger partial charge in [0.05, 0.1) is 12.8 Å². The van der Waals surface area contributed by atoms with E-state index in [4.69, 9.17) is 11.6 Å². The normalized spacial score (nSPS) is 10.7. The predicted molar refractivity (Wildman–Crippen MR) is 90.2 cm³/mol. The van der Waals surface area contributed by atoms with E-state index in [1.807, 2.05) is 13.0 Å². The zero-order chi connectivity index (χ0) is 16.8. The first kappa shape index (κ1) is 16.6. The molecular weight excluding hydrogens is 318 g/mol. The third-order valence-corrected chi connectivity index (χ3v) is 3.52. The number of hydrazone groups is 1. The Labute approximate surface area is 138 Å². The number of carbonyl (C=O) groups excluding carboxylic acids is 1. The molecule has 0 atom stereocenters. The summed E-state index contributed by atoms with van der Waals surface area (Å²) in [4.78, 5) is 11.7. The topological polar surface area (TPSA) is 94.0 Å². The van der Waals surface area contributed by atoms with Crippen LogP contribution in [0, 0.1) is 6.92 Å². The summed E-state index contributed by atoms with van der Waals surface area (Å²) in [6.07, 6.45) is 1.29. The Hall–Kier alpha value is -2.73. The number of nitrogens with one attached hydrogen (secondary N) is 2. The first-order valence-corrected chi connectivity index (χ1v) is 7.18. The molecule has 0 bridgehead atoms. The number of phenols is 2. The highest BCUT2D eigenvalue weighted by Gasteiger charge is 2.04. The van der Waals surface area contributed by atoms with Gasteiger partial charge in [-0.3, -0.25) is 4.79 Å². The summed E-state index contributed by atoms with van der Waals surface area (Å²) in [5.74, 6) is -0.528. The molecule has 0 aliphatic heterocycles. The number of phenolic OH excluding ortho intramolecular Hbond substituents is 2. The van der Waals surface area contributed by atoms with Crippen LogP contribution in [-0.2, 0) is 4.79 Å². The van der Waals surface area contributed by atoms with Gasteiger partial charge in [-0.25, -0.2) is 5.43 Å². The largest absolute Gasteiger partial charge is 0.508 e. The van der Waals surface area contributed by atoms with Crippen molar-refractivity contribution in [3.05, 3.63) is 52.5 Å². The van der Waals surface area contributed by atoms with Gasteiger partial charge in [0, 0.05) is 22.3 Å². The molecule has 0 radical (unpaired) electrons. The monoisotopic (exact) mass is 333 g/mol. The minimum Gasteiger partial charge on any atom is -0.508 e. The molecule has 0 aliphatic rings. The smallest absolute Gasteiger partial charge is 0.259 e. The van der Waals surface area contributed by atoms with E-state index in [9.17, 15) is 15.0 Å². The fourth-order valence-electron chi connectivity index (χ4n) is 1.83. The number of rotatable bonds is 5. The molecular formula is C16H16ClN3O3. The van der Waals surface area contributed by atoms with E-state index in [1.54, 1.807) is 12.1 Å². The van der Waals surface area contributed by atoms with Gasteiger partial charge >= 0.3 is 0 Å². The maximum absolute atomic E-state index is 11.7. The second-order valence-electron chi connectivity index (χ2n) is 4.80. The Kier molecular flexibility index (Phi) is 5.43. The first-order valence-electron chi connectivity index (χ1n) is 6.80. The Morgan fingerprint density at radius 1 is 1.30 bits per heavy atom. The average Bonchev–Trinajstić information content (AvgIpc) is 2.51. The highest BCUT2D eigenvalue weighted by molar-refractivity contribution is 6.31. The second kappa shape index (κ2) is 7.51. The van der Waals surface area contributed by atoms with Gasteiger partial charge in [0.15, 0.2) is 0 Å². The highest BCUT2D eigenvalue weighted by atomic mass is 35.5. The molecule has 2 aromatic rings. The van der Waals surface area contributed by atoms with Crippen LogP contribution in [0.15, 0.2) is 41.5 Å². The molecule has 0 unspecified atom stereocenters. The molecule has 1 amide bonds. The molecule has 0 fully saturated rings. The van der Waals surface area contributed by atoms with E-state index in [0.717, 1.165) is 11.3 Å². The van der Waals surface area contributed by atoms with Crippen molar-refractivity contribution < 1.29 is 15.0 Å². The van der Waals surface area contributed by atoms with Gasteiger partial charge in [0.1, 0.15) is 11.5 Å². The molecule has 2 aromatic carbocycles. The molecule has 4 N–H and O–H groups in total. The van der Waals surface area contributed by atoms with Crippen molar-refractivity contribution >= 4 is 29.4 Å². The molecule has 0 heterocycles. The number of benzene rings is 2. The van der Waals surface area contributed by atoms with Crippen molar-refractivity contribution in [3.63, 3.8) is 0 Å². The Morgan fingerprint density at radius 2 is 2.09 bits per heavy atom. The second-order valence-corrected chi connectivity index (χ2v) is 5.21. The zero-order valence-electron chi connectivity index (χ0n) is 12.4. The number of hydrogen-bond donors (Lipinski definition) is 4. The van der Waals surface area contributed by atoms with Crippen LogP contribution in [0.1, 0.15) is 11.1 Å². The van der Waals surface area contributed by atoms with Crippen LogP contribution < -0.4 is 10.7 Å². The molecule has 0 spiro atoms. The summed E-state index contributed by atoms with van der Waals surface area (Å²) in [5, 5.41) is 26.1. The molecule has 0 aromatic heterocycles. The van der Waals surface area contributed by atoms with Gasteiger partial charge in [0.25, 0.3) is 5.91 Å². The van der Waals surface area contributed by atoms with Crippen LogP contribution in [0.5, 0.6) is 11.5 Å². The van der Waals surface area contributed by atoms with E-state index in [0.29, 0.717) is 10.6 Å². The van der Waals surface area contributed by atoms with Crippen LogP contribution in [0.4, 0.5) is 5.69 Å².